The van der Waals surface area contributed by atoms with Crippen LogP contribution in [0.4, 0.5) is 17.1 Å². The zero-order valence-corrected chi connectivity index (χ0v) is 8.62. The Hall–Kier alpha value is -2.64. The smallest absolute Gasteiger partial charge is 0.303 e. The molecule has 0 saturated heterocycles. The number of nitro benzene ring substituents is 2. The first-order valence-corrected chi connectivity index (χ1v) is 4.48. The minimum atomic E-state index is -0.815. The van der Waals surface area contributed by atoms with E-state index in [1.807, 2.05) is 0 Å². The lowest BCUT2D eigenvalue weighted by Crippen LogP contribution is -2.03. The molecule has 0 amide bonds. The molecule has 8 heteroatoms. The summed E-state index contributed by atoms with van der Waals surface area (Å²) in [6.45, 7) is 3.59. The van der Waals surface area contributed by atoms with E-state index in [1.54, 1.807) is 0 Å². The van der Waals surface area contributed by atoms with Crippen molar-refractivity contribution in [2.75, 3.05) is 11.9 Å². The van der Waals surface area contributed by atoms with E-state index in [2.05, 4.69) is 11.9 Å². The van der Waals surface area contributed by atoms with Crippen LogP contribution in [0.2, 0.25) is 0 Å². The van der Waals surface area contributed by atoms with Crippen molar-refractivity contribution < 1.29 is 15.0 Å². The summed E-state index contributed by atoms with van der Waals surface area (Å²) >= 11 is 0. The fraction of sp³-hybridized carbons (Fsp3) is 0.111. The average molecular weight is 239 g/mol. The number of non-ortho nitro benzene ring substituents is 1. The summed E-state index contributed by atoms with van der Waals surface area (Å²) in [4.78, 5) is 19.6. The molecule has 0 bridgehead atoms. The van der Waals surface area contributed by atoms with Gasteiger partial charge in [-0.05, 0) is 0 Å². The molecule has 0 aliphatic carbocycles. The molecule has 2 N–H and O–H groups in total. The highest BCUT2D eigenvalue weighted by molar-refractivity contribution is 5.73. The van der Waals surface area contributed by atoms with Crippen molar-refractivity contribution >= 4 is 17.1 Å². The molecule has 0 saturated carbocycles. The molecule has 0 aliphatic heterocycles. The van der Waals surface area contributed by atoms with Crippen LogP contribution in [-0.4, -0.2) is 21.5 Å². The molecule has 17 heavy (non-hydrogen) atoms. The van der Waals surface area contributed by atoms with E-state index in [0.29, 0.717) is 0 Å². The maximum atomic E-state index is 10.7. The minimum absolute atomic E-state index is 0.166. The van der Waals surface area contributed by atoms with Crippen LogP contribution in [0.1, 0.15) is 0 Å². The van der Waals surface area contributed by atoms with E-state index in [1.165, 1.54) is 6.08 Å². The quantitative estimate of drug-likeness (QED) is 0.350. The average Bonchev–Trinajstić information content (AvgIpc) is 2.26. The zero-order chi connectivity index (χ0) is 13.0. The van der Waals surface area contributed by atoms with Gasteiger partial charge in [0.05, 0.1) is 22.0 Å². The zero-order valence-electron chi connectivity index (χ0n) is 8.62. The van der Waals surface area contributed by atoms with Crippen LogP contribution in [0.5, 0.6) is 5.75 Å². The maximum Gasteiger partial charge on any atom is 0.303 e. The molecule has 1 aromatic carbocycles. The van der Waals surface area contributed by atoms with E-state index in [4.69, 9.17) is 0 Å². The van der Waals surface area contributed by atoms with Gasteiger partial charge in [0.25, 0.3) is 5.69 Å². The van der Waals surface area contributed by atoms with E-state index in [9.17, 15) is 25.3 Å². The van der Waals surface area contributed by atoms with Gasteiger partial charge in [-0.25, -0.2) is 0 Å². The summed E-state index contributed by atoms with van der Waals surface area (Å²) in [5, 5.41) is 33.2. The molecule has 1 rings (SSSR count). The first-order chi connectivity index (χ1) is 7.97. The van der Waals surface area contributed by atoms with Crippen LogP contribution >= 0.6 is 0 Å². The summed E-state index contributed by atoms with van der Waals surface area (Å²) in [5.41, 5.74) is -1.27. The molecular weight excluding hydrogens is 230 g/mol. The third-order valence-corrected chi connectivity index (χ3v) is 1.91. The lowest BCUT2D eigenvalue weighted by atomic mass is 10.2. The molecule has 0 spiro atoms. The lowest BCUT2D eigenvalue weighted by molar-refractivity contribution is -0.393. The standard InChI is InChI=1S/C9H9N3O5/c1-2-3-10-9-7(12(16)17)4-6(11(14)15)5-8(9)13/h2,4-5,10,13H,1,3H2. The number of nitrogens with one attached hydrogen (secondary N) is 1. The van der Waals surface area contributed by atoms with Gasteiger partial charge in [-0.15, -0.1) is 6.58 Å². The van der Waals surface area contributed by atoms with E-state index < -0.39 is 27.0 Å². The molecule has 0 atom stereocenters. The number of anilines is 1. The largest absolute Gasteiger partial charge is 0.505 e. The fourth-order valence-electron chi connectivity index (χ4n) is 1.20. The van der Waals surface area contributed by atoms with Crippen molar-refractivity contribution in [3.63, 3.8) is 0 Å². The van der Waals surface area contributed by atoms with Crippen molar-refractivity contribution in [1.82, 2.24) is 0 Å². The fourth-order valence-corrected chi connectivity index (χ4v) is 1.20. The second-order valence-corrected chi connectivity index (χ2v) is 3.04. The number of rotatable bonds is 5. The third kappa shape index (κ3) is 2.68. The second-order valence-electron chi connectivity index (χ2n) is 3.04. The molecule has 0 aliphatic rings. The summed E-state index contributed by atoms with van der Waals surface area (Å²) in [6, 6.07) is 1.63. The third-order valence-electron chi connectivity index (χ3n) is 1.91. The summed E-state index contributed by atoms with van der Waals surface area (Å²) in [6.07, 6.45) is 1.44. The van der Waals surface area contributed by atoms with Crippen molar-refractivity contribution in [2.24, 2.45) is 0 Å². The predicted octanol–water partition coefficient (Wildman–Crippen LogP) is 1.81. The van der Waals surface area contributed by atoms with Crippen LogP contribution in [0, 0.1) is 20.2 Å². The van der Waals surface area contributed by atoms with Gasteiger partial charge in [-0.2, -0.15) is 0 Å². The number of nitrogens with zero attached hydrogens (tertiary/aromatic N) is 2. The topological polar surface area (TPSA) is 119 Å². The van der Waals surface area contributed by atoms with Crippen molar-refractivity contribution in [3.05, 3.63) is 45.0 Å². The Labute approximate surface area is 95.5 Å². The van der Waals surface area contributed by atoms with Gasteiger partial charge < -0.3 is 10.4 Å². The molecule has 90 valence electrons. The minimum Gasteiger partial charge on any atom is -0.505 e. The van der Waals surface area contributed by atoms with Gasteiger partial charge in [0.2, 0.25) is 0 Å². The first kappa shape index (κ1) is 12.4. The van der Waals surface area contributed by atoms with Gasteiger partial charge in [0, 0.05) is 6.54 Å². The molecule has 0 fully saturated rings. The number of hydrogen-bond donors (Lipinski definition) is 2. The molecular formula is C9H9N3O5. The highest BCUT2D eigenvalue weighted by Crippen LogP contribution is 2.37. The van der Waals surface area contributed by atoms with Gasteiger partial charge in [0.1, 0.15) is 0 Å². The second kappa shape index (κ2) is 4.92. The van der Waals surface area contributed by atoms with E-state index >= 15 is 0 Å². The number of phenolic OH excluding ortho intramolecular Hbond substituents is 1. The Morgan fingerprint density at radius 3 is 2.47 bits per heavy atom. The normalized spacial score (nSPS) is 9.65. The van der Waals surface area contributed by atoms with Crippen LogP contribution in [0.25, 0.3) is 0 Å². The molecule has 0 unspecified atom stereocenters. The lowest BCUT2D eigenvalue weighted by Gasteiger charge is -2.06. The summed E-state index contributed by atoms with van der Waals surface area (Å²) in [5.74, 6) is -0.548. The number of phenols is 1. The van der Waals surface area contributed by atoms with E-state index in [0.717, 1.165) is 12.1 Å². The molecule has 1 aromatic rings. The Morgan fingerprint density at radius 2 is 2.00 bits per heavy atom. The predicted molar refractivity (Wildman–Crippen MR) is 60.1 cm³/mol. The Morgan fingerprint density at radius 1 is 1.35 bits per heavy atom. The van der Waals surface area contributed by atoms with Gasteiger partial charge in [-0.1, -0.05) is 6.08 Å². The molecule has 0 radical (unpaired) electrons. The Balaban J connectivity index is 3.32. The van der Waals surface area contributed by atoms with Crippen molar-refractivity contribution in [1.29, 1.82) is 0 Å². The summed E-state index contributed by atoms with van der Waals surface area (Å²) < 4.78 is 0. The molecule has 0 aromatic heterocycles. The monoisotopic (exact) mass is 239 g/mol. The highest BCUT2D eigenvalue weighted by atomic mass is 16.6. The Bertz CT molecular complexity index is 486. The number of nitro groups is 2. The molecule has 8 nitrogen and oxygen atoms in total. The van der Waals surface area contributed by atoms with Crippen LogP contribution in [-0.2, 0) is 0 Å². The number of aromatic hydroxyl groups is 1. The van der Waals surface area contributed by atoms with Gasteiger partial charge in [-0.3, -0.25) is 20.2 Å². The first-order valence-electron chi connectivity index (χ1n) is 4.48. The number of benzene rings is 1. The SMILES string of the molecule is C=CCNc1c(O)cc([N+](=O)[O-])cc1[N+](=O)[O-]. The highest BCUT2D eigenvalue weighted by Gasteiger charge is 2.23. The van der Waals surface area contributed by atoms with Crippen molar-refractivity contribution in [2.45, 2.75) is 0 Å². The number of hydrogen-bond acceptors (Lipinski definition) is 6. The maximum absolute atomic E-state index is 10.7. The van der Waals surface area contributed by atoms with Gasteiger partial charge in [0.15, 0.2) is 11.4 Å². The molecule has 0 heterocycles. The van der Waals surface area contributed by atoms with Crippen LogP contribution in [0.15, 0.2) is 24.8 Å². The van der Waals surface area contributed by atoms with Gasteiger partial charge >= 0.3 is 5.69 Å². The van der Waals surface area contributed by atoms with Crippen molar-refractivity contribution in [3.8, 4) is 5.75 Å². The Kier molecular flexibility index (Phi) is 3.60. The van der Waals surface area contributed by atoms with E-state index in [-0.39, 0.29) is 12.2 Å². The van der Waals surface area contributed by atoms with Crippen LogP contribution < -0.4 is 5.32 Å². The van der Waals surface area contributed by atoms with Crippen LogP contribution in [0.3, 0.4) is 0 Å². The summed E-state index contributed by atoms with van der Waals surface area (Å²) in [7, 11) is 0.